The number of hydrogen-bond acceptors (Lipinski definition) is 6. The highest BCUT2D eigenvalue weighted by Gasteiger charge is 2.53. The van der Waals surface area contributed by atoms with Gasteiger partial charge in [0.1, 0.15) is 18.4 Å². The molecule has 0 radical (unpaired) electrons. The maximum Gasteiger partial charge on any atom is 0.318 e. The molecule has 3 aliphatic rings. The number of likely N-dealkylation sites (tertiary alicyclic amines) is 2. The van der Waals surface area contributed by atoms with Crippen LogP contribution >= 0.6 is 45.8 Å². The van der Waals surface area contributed by atoms with Gasteiger partial charge < -0.3 is 24.6 Å². The number of alkyl halides is 1. The maximum atomic E-state index is 13.9. The van der Waals surface area contributed by atoms with Gasteiger partial charge in [0.2, 0.25) is 5.91 Å². The Hall–Kier alpha value is -1.86. The summed E-state index contributed by atoms with van der Waals surface area (Å²) in [6.45, 7) is 3.43. The lowest BCUT2D eigenvalue weighted by atomic mass is 9.83. The Kier molecular flexibility index (Phi) is 9.85. The summed E-state index contributed by atoms with van der Waals surface area (Å²) in [6.07, 6.45) is 4.51. The highest BCUT2D eigenvalue weighted by molar-refractivity contribution is 14.1. The number of nitrogens with one attached hydrogen (secondary N) is 1. The van der Waals surface area contributed by atoms with Gasteiger partial charge in [0, 0.05) is 48.2 Å². The number of carbonyl (C=O) groups excluding carboxylic acids is 2. The highest BCUT2D eigenvalue weighted by Crippen LogP contribution is 2.37. The molecule has 0 bridgehead atoms. The average molecular weight is 716 g/mol. The zero-order chi connectivity index (χ0) is 29.1. The first-order chi connectivity index (χ1) is 19.7. The van der Waals surface area contributed by atoms with Crippen LogP contribution in [-0.2, 0) is 16.0 Å². The van der Waals surface area contributed by atoms with Gasteiger partial charge in [0.05, 0.1) is 28.5 Å². The first-order valence-electron chi connectivity index (χ1n) is 13.9. The van der Waals surface area contributed by atoms with E-state index in [1.807, 2.05) is 37.2 Å². The highest BCUT2D eigenvalue weighted by atomic mass is 127. The molecular weight excluding hydrogens is 680 g/mol. The van der Waals surface area contributed by atoms with Crippen LogP contribution in [0.2, 0.25) is 10.0 Å². The third-order valence-electron chi connectivity index (χ3n) is 8.32. The third-order valence-corrected chi connectivity index (χ3v) is 10.4. The fourth-order valence-electron chi connectivity index (χ4n) is 5.56. The first kappa shape index (κ1) is 30.6. The van der Waals surface area contributed by atoms with E-state index < -0.39 is 6.04 Å². The van der Waals surface area contributed by atoms with Gasteiger partial charge in [-0.05, 0) is 63.2 Å². The molecule has 0 aliphatic carbocycles. The molecule has 222 valence electrons. The molecule has 5 rings (SSSR count). The minimum absolute atomic E-state index is 0.113. The quantitative estimate of drug-likeness (QED) is 0.232. The van der Waals surface area contributed by atoms with E-state index in [-0.39, 0.29) is 33.9 Å². The molecule has 4 heterocycles. The Morgan fingerprint density at radius 1 is 1.22 bits per heavy atom. The zero-order valence-corrected chi connectivity index (χ0v) is 27.0. The largest absolute Gasteiger partial charge is 0.489 e. The van der Waals surface area contributed by atoms with Crippen LogP contribution in [0.5, 0.6) is 5.75 Å². The van der Waals surface area contributed by atoms with Crippen molar-refractivity contribution >= 4 is 57.7 Å². The van der Waals surface area contributed by atoms with Crippen molar-refractivity contribution in [3.05, 3.63) is 57.8 Å². The fraction of sp³-hybridized carbons (Fsp3) is 0.552. The number of ether oxygens (including phenoxy) is 2. The summed E-state index contributed by atoms with van der Waals surface area (Å²) in [5.41, 5.74) is 1.47. The summed E-state index contributed by atoms with van der Waals surface area (Å²) in [7, 11) is 4.05. The summed E-state index contributed by atoms with van der Waals surface area (Å²) in [6, 6.07) is 8.09. The molecule has 12 heteroatoms. The van der Waals surface area contributed by atoms with E-state index in [9.17, 15) is 9.59 Å². The molecule has 2 aromatic rings. The van der Waals surface area contributed by atoms with E-state index in [0.717, 1.165) is 36.3 Å². The van der Waals surface area contributed by atoms with Gasteiger partial charge in [0.15, 0.2) is 0 Å². The number of urea groups is 1. The number of benzene rings is 1. The van der Waals surface area contributed by atoms with E-state index >= 15 is 0 Å². The number of likely N-dealkylation sites (N-methyl/N-ethyl adjacent to an activating group) is 1. The molecule has 3 saturated heterocycles. The molecular formula is C29H36Cl2IN5O4. The van der Waals surface area contributed by atoms with Crippen LogP contribution in [0.3, 0.4) is 0 Å². The number of rotatable bonds is 9. The molecule has 2 atom stereocenters. The SMILES string of the molecule is CN(C)[C@H](I)COc1cccnc1C1CCN(C(=O)[C@@H](Cc2ccc(Cl)cc2Cl)NC(=O)N2CCC23COC3)CC1. The second-order valence-electron chi connectivity index (χ2n) is 11.3. The Labute approximate surface area is 265 Å². The van der Waals surface area contributed by atoms with Crippen molar-refractivity contribution in [1.29, 1.82) is 0 Å². The van der Waals surface area contributed by atoms with E-state index in [0.29, 0.717) is 49.5 Å². The third kappa shape index (κ3) is 6.87. The molecule has 9 nitrogen and oxygen atoms in total. The van der Waals surface area contributed by atoms with Crippen molar-refractivity contribution in [3.63, 3.8) is 0 Å². The predicted molar refractivity (Wildman–Crippen MR) is 167 cm³/mol. The molecule has 1 spiro atoms. The summed E-state index contributed by atoms with van der Waals surface area (Å²) in [5, 5.41) is 4.03. The van der Waals surface area contributed by atoms with Gasteiger partial charge in [-0.3, -0.25) is 14.7 Å². The minimum Gasteiger partial charge on any atom is -0.489 e. The lowest BCUT2D eigenvalue weighted by molar-refractivity contribution is -0.170. The topological polar surface area (TPSA) is 87.2 Å². The van der Waals surface area contributed by atoms with E-state index in [4.69, 9.17) is 32.7 Å². The predicted octanol–water partition coefficient (Wildman–Crippen LogP) is 4.59. The monoisotopic (exact) mass is 715 g/mol. The molecule has 1 aromatic carbocycles. The summed E-state index contributed by atoms with van der Waals surface area (Å²) >= 11 is 14.9. The molecule has 41 heavy (non-hydrogen) atoms. The van der Waals surface area contributed by atoms with Crippen LogP contribution < -0.4 is 10.1 Å². The van der Waals surface area contributed by atoms with Crippen molar-refractivity contribution in [2.45, 2.75) is 47.2 Å². The smallest absolute Gasteiger partial charge is 0.318 e. The van der Waals surface area contributed by atoms with E-state index in [2.05, 4.69) is 37.8 Å². The van der Waals surface area contributed by atoms with Gasteiger partial charge in [-0.2, -0.15) is 0 Å². The van der Waals surface area contributed by atoms with Crippen LogP contribution in [0.25, 0.3) is 0 Å². The Bertz CT molecular complexity index is 1250. The lowest BCUT2D eigenvalue weighted by Gasteiger charge is -2.57. The van der Waals surface area contributed by atoms with Gasteiger partial charge in [-0.15, -0.1) is 0 Å². The number of piperidine rings is 1. The molecule has 0 unspecified atom stereocenters. The van der Waals surface area contributed by atoms with E-state index in [1.54, 1.807) is 23.2 Å². The lowest BCUT2D eigenvalue weighted by Crippen LogP contribution is -2.74. The Balaban J connectivity index is 1.26. The van der Waals surface area contributed by atoms with E-state index in [1.165, 1.54) is 0 Å². The summed E-state index contributed by atoms with van der Waals surface area (Å²) in [5.74, 6) is 0.867. The molecule has 3 fully saturated rings. The molecule has 1 aromatic heterocycles. The first-order valence-corrected chi connectivity index (χ1v) is 15.9. The minimum atomic E-state index is -0.753. The number of pyridine rings is 1. The molecule has 1 N–H and O–H groups in total. The number of carbonyl (C=O) groups is 2. The number of amides is 3. The van der Waals surface area contributed by atoms with Crippen LogP contribution in [0, 0.1) is 0 Å². The summed E-state index contributed by atoms with van der Waals surface area (Å²) < 4.78 is 11.8. The van der Waals surface area contributed by atoms with Crippen LogP contribution in [0.4, 0.5) is 4.79 Å². The molecule has 3 aliphatic heterocycles. The average Bonchev–Trinajstić information content (AvgIpc) is 2.91. The summed E-state index contributed by atoms with van der Waals surface area (Å²) in [4.78, 5) is 37.6. The standard InChI is InChI=1S/C29H36Cl2IN5O4/c1-35(2)25(32)16-41-24-4-3-10-33-26(24)19-7-11-36(12-8-19)27(38)23(14-20-5-6-21(30)15-22(20)31)34-28(39)37-13-9-29(37)17-40-18-29/h3-6,10,15,19,23,25H,7-9,11-14,16-18H2,1-2H3,(H,34,39)/t23-,25+/m1/s1. The van der Waals surface area contributed by atoms with Crippen molar-refractivity contribution in [3.8, 4) is 5.75 Å². The second kappa shape index (κ2) is 13.2. The molecule has 0 saturated carbocycles. The Morgan fingerprint density at radius 2 is 1.98 bits per heavy atom. The maximum absolute atomic E-state index is 13.9. The zero-order valence-electron chi connectivity index (χ0n) is 23.3. The van der Waals surface area contributed by atoms with Crippen molar-refractivity contribution in [2.24, 2.45) is 0 Å². The normalized spacial score (nSPS) is 19.9. The van der Waals surface area contributed by atoms with Gasteiger partial charge in [-0.25, -0.2) is 4.79 Å². The van der Waals surface area contributed by atoms with Crippen LogP contribution in [0.15, 0.2) is 36.5 Å². The fourth-order valence-corrected chi connectivity index (χ4v) is 6.23. The molecule has 3 amide bonds. The van der Waals surface area contributed by atoms with Crippen molar-refractivity contribution in [2.75, 3.05) is 53.6 Å². The van der Waals surface area contributed by atoms with Gasteiger partial charge >= 0.3 is 6.03 Å². The Morgan fingerprint density at radius 3 is 2.59 bits per heavy atom. The van der Waals surface area contributed by atoms with Gasteiger partial charge in [0.25, 0.3) is 0 Å². The number of aromatic nitrogens is 1. The van der Waals surface area contributed by atoms with Gasteiger partial charge in [-0.1, -0.05) is 51.9 Å². The number of halogens is 3. The van der Waals surface area contributed by atoms with Crippen molar-refractivity contribution in [1.82, 2.24) is 25.0 Å². The van der Waals surface area contributed by atoms with Crippen LogP contribution in [-0.4, -0.2) is 101 Å². The van der Waals surface area contributed by atoms with Crippen molar-refractivity contribution < 1.29 is 19.1 Å². The second-order valence-corrected chi connectivity index (χ2v) is 13.5. The number of hydrogen-bond donors (Lipinski definition) is 1. The van der Waals surface area contributed by atoms with Crippen LogP contribution in [0.1, 0.15) is 36.4 Å². The number of nitrogens with zero attached hydrogens (tertiary/aromatic N) is 4.